The van der Waals surface area contributed by atoms with Gasteiger partial charge in [-0.1, -0.05) is 6.07 Å². The lowest BCUT2D eigenvalue weighted by molar-refractivity contribution is -0.118. The largest absolute Gasteiger partial charge is 0.325 e. The lowest BCUT2D eigenvalue weighted by atomic mass is 10.2. The fraction of sp³-hybridized carbons (Fsp3) is 0.462. The van der Waals surface area contributed by atoms with Crippen molar-refractivity contribution in [3.05, 3.63) is 27.8 Å². The Morgan fingerprint density at radius 2 is 2.44 bits per heavy atom. The molecule has 0 radical (unpaired) electrons. The fourth-order valence-corrected chi connectivity index (χ4v) is 2.61. The van der Waals surface area contributed by atoms with E-state index < -0.39 is 0 Å². The molecular formula is C13H18IN3O. The summed E-state index contributed by atoms with van der Waals surface area (Å²) in [6.07, 6.45) is 0. The van der Waals surface area contributed by atoms with Crippen LogP contribution >= 0.6 is 22.6 Å². The van der Waals surface area contributed by atoms with E-state index in [1.165, 1.54) is 0 Å². The predicted molar refractivity (Wildman–Crippen MR) is 81.7 cm³/mol. The molecule has 0 bridgehead atoms. The molecule has 1 aliphatic rings. The van der Waals surface area contributed by atoms with Gasteiger partial charge in [0.15, 0.2) is 0 Å². The molecule has 1 saturated heterocycles. The zero-order valence-corrected chi connectivity index (χ0v) is 12.6. The lowest BCUT2D eigenvalue weighted by Gasteiger charge is -2.33. The average Bonchev–Trinajstić information content (AvgIpc) is 2.32. The second kappa shape index (κ2) is 6.49. The van der Waals surface area contributed by atoms with Crippen molar-refractivity contribution in [1.29, 1.82) is 0 Å². The first-order valence-electron chi connectivity index (χ1n) is 6.15. The number of halogens is 1. The van der Waals surface area contributed by atoms with Gasteiger partial charge in [-0.15, -0.1) is 0 Å². The predicted octanol–water partition coefficient (Wildman–Crippen LogP) is 1.52. The molecule has 1 aromatic rings. The number of hydrogen-bond donors (Lipinski definition) is 2. The number of anilines is 1. The highest BCUT2D eigenvalue weighted by Crippen LogP contribution is 2.12. The fourth-order valence-electron chi connectivity index (χ4n) is 2.07. The van der Waals surface area contributed by atoms with Gasteiger partial charge in [-0.25, -0.2) is 0 Å². The van der Waals surface area contributed by atoms with Crippen LogP contribution in [0.4, 0.5) is 5.69 Å². The van der Waals surface area contributed by atoms with Crippen LogP contribution in [0.5, 0.6) is 0 Å². The Balaban J connectivity index is 1.88. The molecule has 5 heteroatoms. The molecule has 0 aromatic heterocycles. The molecule has 1 unspecified atom stereocenters. The van der Waals surface area contributed by atoms with Crippen LogP contribution in [0.3, 0.4) is 0 Å². The van der Waals surface area contributed by atoms with E-state index in [0.717, 1.165) is 28.9 Å². The second-order valence-corrected chi connectivity index (χ2v) is 5.83. The van der Waals surface area contributed by atoms with Gasteiger partial charge in [-0.2, -0.15) is 0 Å². The molecule has 98 valence electrons. The first kappa shape index (κ1) is 13.8. The summed E-state index contributed by atoms with van der Waals surface area (Å²) in [5.74, 6) is 0.0609. The molecule has 2 rings (SSSR count). The molecule has 0 aliphatic carbocycles. The van der Waals surface area contributed by atoms with Crippen molar-refractivity contribution >= 4 is 34.2 Å². The third-order valence-corrected chi connectivity index (χ3v) is 3.76. The van der Waals surface area contributed by atoms with Crippen LogP contribution in [0.1, 0.15) is 6.92 Å². The highest BCUT2D eigenvalue weighted by Gasteiger charge is 2.20. The van der Waals surface area contributed by atoms with Crippen molar-refractivity contribution in [2.45, 2.75) is 13.0 Å². The first-order chi connectivity index (χ1) is 8.65. The summed E-state index contributed by atoms with van der Waals surface area (Å²) in [6.45, 7) is 5.46. The van der Waals surface area contributed by atoms with Crippen LogP contribution in [0, 0.1) is 3.57 Å². The minimum Gasteiger partial charge on any atom is -0.325 e. The maximum absolute atomic E-state index is 12.0. The van der Waals surface area contributed by atoms with E-state index in [4.69, 9.17) is 0 Å². The van der Waals surface area contributed by atoms with E-state index >= 15 is 0 Å². The number of hydrogen-bond acceptors (Lipinski definition) is 3. The Labute approximate surface area is 121 Å². The van der Waals surface area contributed by atoms with Gasteiger partial charge < -0.3 is 10.6 Å². The topological polar surface area (TPSA) is 44.4 Å². The normalized spacial score (nSPS) is 20.7. The zero-order valence-electron chi connectivity index (χ0n) is 10.4. The van der Waals surface area contributed by atoms with Gasteiger partial charge in [0.1, 0.15) is 0 Å². The first-order valence-corrected chi connectivity index (χ1v) is 7.23. The van der Waals surface area contributed by atoms with Crippen molar-refractivity contribution in [3.8, 4) is 0 Å². The van der Waals surface area contributed by atoms with Crippen LogP contribution in [0.25, 0.3) is 0 Å². The highest BCUT2D eigenvalue weighted by molar-refractivity contribution is 14.1. The molecule has 0 saturated carbocycles. The third kappa shape index (κ3) is 3.93. The highest BCUT2D eigenvalue weighted by atomic mass is 127. The molecule has 1 aliphatic heterocycles. The third-order valence-electron chi connectivity index (χ3n) is 3.09. The average molecular weight is 359 g/mol. The summed E-state index contributed by atoms with van der Waals surface area (Å²) in [4.78, 5) is 14.2. The van der Waals surface area contributed by atoms with Gasteiger partial charge in [0.05, 0.1) is 6.54 Å². The van der Waals surface area contributed by atoms with Crippen molar-refractivity contribution in [1.82, 2.24) is 10.2 Å². The quantitative estimate of drug-likeness (QED) is 0.805. The molecule has 1 heterocycles. The SMILES string of the molecule is CC1CNCCN1CC(=O)Nc1cccc(I)c1. The monoisotopic (exact) mass is 359 g/mol. The summed E-state index contributed by atoms with van der Waals surface area (Å²) < 4.78 is 1.13. The molecule has 18 heavy (non-hydrogen) atoms. The van der Waals surface area contributed by atoms with Crippen molar-refractivity contribution in [3.63, 3.8) is 0 Å². The van der Waals surface area contributed by atoms with Crippen LogP contribution in [0.2, 0.25) is 0 Å². The summed E-state index contributed by atoms with van der Waals surface area (Å²) in [5, 5.41) is 6.27. The smallest absolute Gasteiger partial charge is 0.238 e. The number of rotatable bonds is 3. The zero-order chi connectivity index (χ0) is 13.0. The van der Waals surface area contributed by atoms with Crippen molar-refractivity contribution in [2.75, 3.05) is 31.5 Å². The van der Waals surface area contributed by atoms with Gasteiger partial charge in [-0.05, 0) is 47.7 Å². The Morgan fingerprint density at radius 3 is 3.17 bits per heavy atom. The van der Waals surface area contributed by atoms with E-state index in [2.05, 4.69) is 45.0 Å². The van der Waals surface area contributed by atoms with Gasteiger partial charge >= 0.3 is 0 Å². The summed E-state index contributed by atoms with van der Waals surface area (Å²) in [6, 6.07) is 8.26. The van der Waals surface area contributed by atoms with Crippen LogP contribution in [-0.4, -0.2) is 43.0 Å². The lowest BCUT2D eigenvalue weighted by Crippen LogP contribution is -2.51. The van der Waals surface area contributed by atoms with Crippen molar-refractivity contribution < 1.29 is 4.79 Å². The summed E-state index contributed by atoms with van der Waals surface area (Å²) in [5.41, 5.74) is 0.870. The van der Waals surface area contributed by atoms with E-state index in [9.17, 15) is 4.79 Å². The van der Waals surface area contributed by atoms with E-state index in [1.54, 1.807) is 0 Å². The number of carbonyl (C=O) groups is 1. The maximum atomic E-state index is 12.0. The molecule has 2 N–H and O–H groups in total. The van der Waals surface area contributed by atoms with E-state index in [0.29, 0.717) is 12.6 Å². The van der Waals surface area contributed by atoms with Gasteiger partial charge in [-0.3, -0.25) is 9.69 Å². The number of nitrogens with one attached hydrogen (secondary N) is 2. The van der Waals surface area contributed by atoms with Gasteiger partial charge in [0, 0.05) is 34.9 Å². The Hall–Kier alpha value is -0.660. The minimum atomic E-state index is 0.0609. The molecule has 4 nitrogen and oxygen atoms in total. The maximum Gasteiger partial charge on any atom is 0.238 e. The van der Waals surface area contributed by atoms with E-state index in [1.807, 2.05) is 24.3 Å². The molecule has 1 atom stereocenters. The number of carbonyl (C=O) groups excluding carboxylic acids is 1. The van der Waals surface area contributed by atoms with E-state index in [-0.39, 0.29) is 5.91 Å². The minimum absolute atomic E-state index is 0.0609. The van der Waals surface area contributed by atoms with Gasteiger partial charge in [0.2, 0.25) is 5.91 Å². The summed E-state index contributed by atoms with van der Waals surface area (Å²) >= 11 is 2.24. The Bertz CT molecular complexity index is 424. The molecular weight excluding hydrogens is 341 g/mol. The Kier molecular flexibility index (Phi) is 4.96. The molecule has 1 aromatic carbocycles. The van der Waals surface area contributed by atoms with Crippen molar-refractivity contribution in [2.24, 2.45) is 0 Å². The second-order valence-electron chi connectivity index (χ2n) is 4.58. The van der Waals surface area contributed by atoms with Crippen LogP contribution < -0.4 is 10.6 Å². The molecule has 1 fully saturated rings. The molecule has 0 spiro atoms. The number of amides is 1. The number of benzene rings is 1. The Morgan fingerprint density at radius 1 is 1.61 bits per heavy atom. The summed E-state index contributed by atoms with van der Waals surface area (Å²) in [7, 11) is 0. The molecule has 1 amide bonds. The van der Waals surface area contributed by atoms with Crippen LogP contribution in [-0.2, 0) is 4.79 Å². The number of piperazine rings is 1. The van der Waals surface area contributed by atoms with Crippen LogP contribution in [0.15, 0.2) is 24.3 Å². The number of nitrogens with zero attached hydrogens (tertiary/aromatic N) is 1. The van der Waals surface area contributed by atoms with Gasteiger partial charge in [0.25, 0.3) is 0 Å². The standard InChI is InChI=1S/C13H18IN3O/c1-10-8-15-5-6-17(10)9-13(18)16-12-4-2-3-11(14)7-12/h2-4,7,10,15H,5-6,8-9H2,1H3,(H,16,18).